The van der Waals surface area contributed by atoms with E-state index in [1.165, 1.54) is 11.3 Å². The van der Waals surface area contributed by atoms with Crippen LogP contribution in [0.3, 0.4) is 0 Å². The molecule has 2 nitrogen and oxygen atoms in total. The second kappa shape index (κ2) is 5.57. The normalized spacial score (nSPS) is 11.8. The molecule has 0 aliphatic heterocycles. The lowest BCUT2D eigenvalue weighted by Gasteiger charge is -2.10. The predicted octanol–water partition coefficient (Wildman–Crippen LogP) is 2.59. The number of hydrogen-bond acceptors (Lipinski definition) is 2. The number of carbonyl (C=O) groups is 1. The molecule has 0 aromatic carbocycles. The molecule has 0 spiro atoms. The minimum Gasteiger partial charge on any atom is -0.338 e. The molecular weight excluding hydrogens is 206 g/mol. The molecule has 0 radical (unpaired) electrons. The van der Waals surface area contributed by atoms with E-state index in [9.17, 15) is 4.79 Å². The number of thiophene rings is 1. The van der Waals surface area contributed by atoms with Crippen LogP contribution in [0.5, 0.6) is 0 Å². The molecule has 1 aromatic heterocycles. The molecule has 80 valence electrons. The number of rotatable bonds is 4. The first-order valence-corrected chi connectivity index (χ1v) is 5.82. The van der Waals surface area contributed by atoms with Crippen LogP contribution in [0, 0.1) is 19.3 Å². The monoisotopic (exact) mass is 221 g/mol. The number of amides is 1. The van der Waals surface area contributed by atoms with Crippen LogP contribution in [0.1, 0.15) is 34.3 Å². The number of nitrogens with one attached hydrogen (secondary N) is 1. The highest BCUT2D eigenvalue weighted by Gasteiger charge is 2.11. The fourth-order valence-electron chi connectivity index (χ4n) is 1.27. The summed E-state index contributed by atoms with van der Waals surface area (Å²) in [7, 11) is 0. The highest BCUT2D eigenvalue weighted by Crippen LogP contribution is 2.15. The Balaban J connectivity index is 2.59. The number of hydrogen-bond donors (Lipinski definition) is 1. The largest absolute Gasteiger partial charge is 0.338 e. The van der Waals surface area contributed by atoms with E-state index >= 15 is 0 Å². The molecule has 0 saturated carbocycles. The van der Waals surface area contributed by atoms with Crippen LogP contribution in [0.4, 0.5) is 0 Å². The van der Waals surface area contributed by atoms with Crippen LogP contribution in [0.15, 0.2) is 12.1 Å². The summed E-state index contributed by atoms with van der Waals surface area (Å²) < 4.78 is 0. The van der Waals surface area contributed by atoms with Gasteiger partial charge in [0.25, 0.3) is 5.91 Å². The summed E-state index contributed by atoms with van der Waals surface area (Å²) in [5.74, 6) is 2.52. The molecule has 0 bridgehead atoms. The number of carbonyl (C=O) groups excluding carboxylic acids is 1. The van der Waals surface area contributed by atoms with Gasteiger partial charge in [0.15, 0.2) is 0 Å². The van der Waals surface area contributed by atoms with E-state index < -0.39 is 0 Å². The van der Waals surface area contributed by atoms with Gasteiger partial charge >= 0.3 is 0 Å². The number of aryl methyl sites for hydroxylation is 1. The van der Waals surface area contributed by atoms with Crippen LogP contribution in [-0.2, 0) is 0 Å². The summed E-state index contributed by atoms with van der Waals surface area (Å²) in [6.45, 7) is 4.03. The zero-order valence-corrected chi connectivity index (χ0v) is 9.86. The van der Waals surface area contributed by atoms with Crippen molar-refractivity contribution in [2.45, 2.75) is 32.7 Å². The van der Waals surface area contributed by atoms with Crippen LogP contribution < -0.4 is 5.32 Å². The van der Waals surface area contributed by atoms with Crippen molar-refractivity contribution >= 4 is 17.2 Å². The van der Waals surface area contributed by atoms with E-state index in [-0.39, 0.29) is 11.9 Å². The smallest absolute Gasteiger partial charge is 0.262 e. The highest BCUT2D eigenvalue weighted by molar-refractivity contribution is 7.13. The minimum absolute atomic E-state index is 0.0653. The van der Waals surface area contributed by atoms with E-state index in [4.69, 9.17) is 6.42 Å². The maximum atomic E-state index is 11.7. The van der Waals surface area contributed by atoms with Gasteiger partial charge in [-0.15, -0.1) is 17.8 Å². The van der Waals surface area contributed by atoms with Gasteiger partial charge in [-0.05, 0) is 25.5 Å². The topological polar surface area (TPSA) is 29.1 Å². The Morgan fingerprint density at radius 3 is 2.87 bits per heavy atom. The zero-order chi connectivity index (χ0) is 11.3. The van der Waals surface area contributed by atoms with Crippen molar-refractivity contribution in [2.75, 3.05) is 0 Å². The molecule has 3 heteroatoms. The first kappa shape index (κ1) is 11.8. The lowest BCUT2D eigenvalue weighted by Crippen LogP contribution is -2.33. The van der Waals surface area contributed by atoms with Gasteiger partial charge in [0.2, 0.25) is 0 Å². The summed E-state index contributed by atoms with van der Waals surface area (Å²) in [6, 6.07) is 3.61. The average Bonchev–Trinajstić information content (AvgIpc) is 2.64. The average molecular weight is 221 g/mol. The van der Waals surface area contributed by atoms with Crippen molar-refractivity contribution in [1.29, 1.82) is 0 Å². The first-order chi connectivity index (χ1) is 7.17. The summed E-state index contributed by atoms with van der Waals surface area (Å²) in [4.78, 5) is 13.6. The Morgan fingerprint density at radius 1 is 1.67 bits per heavy atom. The second-order valence-corrected chi connectivity index (χ2v) is 4.68. The number of terminal acetylenes is 1. The predicted molar refractivity (Wildman–Crippen MR) is 64.1 cm³/mol. The third kappa shape index (κ3) is 3.41. The quantitative estimate of drug-likeness (QED) is 0.778. The first-order valence-electron chi connectivity index (χ1n) is 5.00. The Morgan fingerprint density at radius 2 is 2.40 bits per heavy atom. The molecule has 0 aliphatic carbocycles. The van der Waals surface area contributed by atoms with E-state index in [2.05, 4.69) is 11.2 Å². The Labute approximate surface area is 94.7 Å². The van der Waals surface area contributed by atoms with Gasteiger partial charge < -0.3 is 5.32 Å². The van der Waals surface area contributed by atoms with Gasteiger partial charge in [-0.1, -0.05) is 19.3 Å². The van der Waals surface area contributed by atoms with E-state index in [1.807, 2.05) is 26.0 Å². The van der Waals surface area contributed by atoms with Gasteiger partial charge in [-0.2, -0.15) is 0 Å². The fraction of sp³-hybridized carbons (Fsp3) is 0.417. The molecule has 1 rings (SSSR count). The van der Waals surface area contributed by atoms with Crippen molar-refractivity contribution in [2.24, 2.45) is 0 Å². The molecule has 1 amide bonds. The van der Waals surface area contributed by atoms with Gasteiger partial charge in [-0.3, -0.25) is 4.79 Å². The minimum atomic E-state index is -0.148. The van der Waals surface area contributed by atoms with Gasteiger partial charge in [0.1, 0.15) is 0 Å². The van der Waals surface area contributed by atoms with Gasteiger partial charge in [0, 0.05) is 4.88 Å². The molecule has 1 unspecified atom stereocenters. The second-order valence-electron chi connectivity index (χ2n) is 3.39. The Hall–Kier alpha value is -1.27. The Bertz CT molecular complexity index is 375. The van der Waals surface area contributed by atoms with E-state index in [0.717, 1.165) is 22.6 Å². The molecule has 15 heavy (non-hydrogen) atoms. The van der Waals surface area contributed by atoms with Crippen molar-refractivity contribution < 1.29 is 4.79 Å². The molecule has 0 saturated heterocycles. The summed E-state index contributed by atoms with van der Waals surface area (Å²) >= 11 is 1.49. The van der Waals surface area contributed by atoms with Crippen LogP contribution >= 0.6 is 11.3 Å². The molecule has 0 fully saturated rings. The highest BCUT2D eigenvalue weighted by atomic mass is 32.1. The summed E-state index contributed by atoms with van der Waals surface area (Å²) in [5, 5.41) is 2.83. The third-order valence-electron chi connectivity index (χ3n) is 2.05. The zero-order valence-electron chi connectivity index (χ0n) is 9.04. The van der Waals surface area contributed by atoms with Crippen LogP contribution in [0.25, 0.3) is 0 Å². The van der Waals surface area contributed by atoms with Gasteiger partial charge in [0.05, 0.1) is 10.9 Å². The van der Waals surface area contributed by atoms with E-state index in [0.29, 0.717) is 0 Å². The summed E-state index contributed by atoms with van der Waals surface area (Å²) in [5.41, 5.74) is 0. The standard InChI is InChI=1S/C12H15NOS/c1-4-6-10(5-2)13-12(14)11-8-7-9(3)15-11/h2,7-8,10H,4,6H2,1,3H3,(H,13,14). The molecule has 1 aromatic rings. The maximum absolute atomic E-state index is 11.7. The van der Waals surface area contributed by atoms with Crippen LogP contribution in [-0.4, -0.2) is 11.9 Å². The van der Waals surface area contributed by atoms with Crippen LogP contribution in [0.2, 0.25) is 0 Å². The molecule has 1 heterocycles. The van der Waals surface area contributed by atoms with Crippen molar-refractivity contribution in [3.8, 4) is 12.3 Å². The molecule has 1 N–H and O–H groups in total. The van der Waals surface area contributed by atoms with Crippen molar-refractivity contribution in [1.82, 2.24) is 5.32 Å². The lowest BCUT2D eigenvalue weighted by molar-refractivity contribution is 0.0948. The fourth-order valence-corrected chi connectivity index (χ4v) is 2.04. The molecular formula is C12H15NOS. The SMILES string of the molecule is C#CC(CCC)NC(=O)c1ccc(C)s1. The molecule has 0 aliphatic rings. The summed E-state index contributed by atoms with van der Waals surface area (Å²) in [6.07, 6.45) is 7.13. The Kier molecular flexibility index (Phi) is 4.38. The maximum Gasteiger partial charge on any atom is 0.262 e. The van der Waals surface area contributed by atoms with Crippen molar-refractivity contribution in [3.05, 3.63) is 21.9 Å². The van der Waals surface area contributed by atoms with Gasteiger partial charge in [-0.25, -0.2) is 0 Å². The lowest BCUT2D eigenvalue weighted by atomic mass is 10.2. The van der Waals surface area contributed by atoms with Crippen molar-refractivity contribution in [3.63, 3.8) is 0 Å². The van der Waals surface area contributed by atoms with E-state index in [1.54, 1.807) is 0 Å². The third-order valence-corrected chi connectivity index (χ3v) is 3.05. The molecule has 1 atom stereocenters.